The average Bonchev–Trinajstić information content (AvgIpc) is 2.97. The van der Waals surface area contributed by atoms with E-state index in [1.807, 2.05) is 31.5 Å². The van der Waals surface area contributed by atoms with Crippen molar-refractivity contribution in [3.63, 3.8) is 0 Å². The zero-order chi connectivity index (χ0) is 14.7. The van der Waals surface area contributed by atoms with Crippen LogP contribution in [0.5, 0.6) is 0 Å². The van der Waals surface area contributed by atoms with E-state index in [-0.39, 0.29) is 5.69 Å². The zero-order valence-corrected chi connectivity index (χ0v) is 11.9. The van der Waals surface area contributed by atoms with Crippen molar-refractivity contribution in [3.8, 4) is 0 Å². The van der Waals surface area contributed by atoms with E-state index in [1.54, 1.807) is 10.9 Å². The third kappa shape index (κ3) is 2.87. The van der Waals surface area contributed by atoms with Crippen molar-refractivity contribution >= 4 is 5.97 Å². The lowest BCUT2D eigenvalue weighted by atomic mass is 10.1. The highest BCUT2D eigenvalue weighted by molar-refractivity contribution is 5.86. The Morgan fingerprint density at radius 2 is 2.20 bits per heavy atom. The fraction of sp³-hybridized carbons (Fsp3) is 0.538. The molecule has 0 aliphatic carbocycles. The maximum atomic E-state index is 11.2. The van der Waals surface area contributed by atoms with Gasteiger partial charge in [-0.25, -0.2) is 14.5 Å². The first kappa shape index (κ1) is 14.2. The number of imidazole rings is 1. The van der Waals surface area contributed by atoms with Crippen LogP contribution in [0.3, 0.4) is 0 Å². The largest absolute Gasteiger partial charge is 0.476 e. The number of nitrogens with zero attached hydrogens (tertiary/aromatic N) is 5. The summed E-state index contributed by atoms with van der Waals surface area (Å²) in [5.74, 6) is 0.140. The van der Waals surface area contributed by atoms with Crippen LogP contribution < -0.4 is 0 Å². The first-order chi connectivity index (χ1) is 9.52. The lowest BCUT2D eigenvalue weighted by molar-refractivity contribution is 0.0689. The molecule has 7 heteroatoms. The molecule has 108 valence electrons. The molecule has 1 N–H and O–H groups in total. The van der Waals surface area contributed by atoms with Gasteiger partial charge in [0.2, 0.25) is 0 Å². The maximum Gasteiger partial charge on any atom is 0.358 e. The van der Waals surface area contributed by atoms with Crippen molar-refractivity contribution in [1.29, 1.82) is 0 Å². The summed E-state index contributed by atoms with van der Waals surface area (Å²) in [4.78, 5) is 15.5. The molecule has 0 saturated carbocycles. The van der Waals surface area contributed by atoms with Gasteiger partial charge in [-0.3, -0.25) is 0 Å². The first-order valence-electron chi connectivity index (χ1n) is 6.68. The van der Waals surface area contributed by atoms with Gasteiger partial charge in [0.05, 0.1) is 5.69 Å². The summed E-state index contributed by atoms with van der Waals surface area (Å²) in [5, 5.41) is 16.9. The van der Waals surface area contributed by atoms with Crippen molar-refractivity contribution < 1.29 is 9.90 Å². The Bertz CT molecular complexity index is 600. The molecule has 0 fully saturated rings. The minimum atomic E-state index is -1.04. The van der Waals surface area contributed by atoms with Crippen molar-refractivity contribution in [1.82, 2.24) is 24.5 Å². The van der Waals surface area contributed by atoms with Crippen LogP contribution in [-0.4, -0.2) is 35.6 Å². The van der Waals surface area contributed by atoms with Crippen LogP contribution in [-0.2, 0) is 19.5 Å². The number of rotatable bonds is 6. The van der Waals surface area contributed by atoms with E-state index in [0.717, 1.165) is 12.4 Å². The molecule has 0 radical (unpaired) electrons. The van der Waals surface area contributed by atoms with E-state index < -0.39 is 5.97 Å². The van der Waals surface area contributed by atoms with Gasteiger partial charge in [0, 0.05) is 18.9 Å². The monoisotopic (exact) mass is 277 g/mol. The second kappa shape index (κ2) is 5.85. The van der Waals surface area contributed by atoms with Gasteiger partial charge >= 0.3 is 5.97 Å². The summed E-state index contributed by atoms with van der Waals surface area (Å²) in [6, 6.07) is 0. The molecule has 2 aromatic rings. The molecule has 0 bridgehead atoms. The van der Waals surface area contributed by atoms with Gasteiger partial charge < -0.3 is 9.67 Å². The molecular weight excluding hydrogens is 258 g/mol. The highest BCUT2D eigenvalue weighted by Crippen LogP contribution is 2.13. The summed E-state index contributed by atoms with van der Waals surface area (Å²) < 4.78 is 3.64. The van der Waals surface area contributed by atoms with Crippen LogP contribution >= 0.6 is 0 Å². The summed E-state index contributed by atoms with van der Waals surface area (Å²) in [6.07, 6.45) is 4.25. The molecule has 0 aliphatic rings. The van der Waals surface area contributed by atoms with Crippen molar-refractivity contribution in [2.45, 2.75) is 40.3 Å². The molecule has 7 nitrogen and oxygen atoms in total. The van der Waals surface area contributed by atoms with Gasteiger partial charge in [-0.1, -0.05) is 19.1 Å². The quantitative estimate of drug-likeness (QED) is 0.863. The molecule has 0 aromatic carbocycles. The minimum absolute atomic E-state index is 0.0355. The molecule has 2 rings (SSSR count). The highest BCUT2D eigenvalue weighted by atomic mass is 16.4. The van der Waals surface area contributed by atoms with Gasteiger partial charge in [0.1, 0.15) is 12.4 Å². The number of hydrogen-bond donors (Lipinski definition) is 1. The molecule has 0 amide bonds. The topological polar surface area (TPSA) is 85.8 Å². The number of aromatic carboxylic acids is 1. The van der Waals surface area contributed by atoms with E-state index >= 15 is 0 Å². The predicted molar refractivity (Wildman–Crippen MR) is 72.5 cm³/mol. The second-order valence-corrected chi connectivity index (χ2v) is 5.08. The van der Waals surface area contributed by atoms with Gasteiger partial charge in [-0.15, -0.1) is 5.10 Å². The number of carboxylic acid groups (broad SMARTS) is 1. The van der Waals surface area contributed by atoms with Crippen LogP contribution in [0.25, 0.3) is 0 Å². The van der Waals surface area contributed by atoms with E-state index in [9.17, 15) is 9.90 Å². The standard InChI is InChI=1S/C13H19N5O2/c1-4-17-6-5-14-11(17)8-18-10(7-9(2)3)12(13(19)20)15-16-18/h5-6,9H,4,7-8H2,1-3H3,(H,19,20). The third-order valence-electron chi connectivity index (χ3n) is 3.08. The van der Waals surface area contributed by atoms with Crippen LogP contribution in [0.1, 0.15) is 42.8 Å². The summed E-state index contributed by atoms with van der Waals surface area (Å²) in [6.45, 7) is 7.36. The second-order valence-electron chi connectivity index (χ2n) is 5.08. The molecule has 0 saturated heterocycles. The normalized spacial score (nSPS) is 11.2. The van der Waals surface area contributed by atoms with Crippen molar-refractivity contribution in [2.24, 2.45) is 5.92 Å². The Morgan fingerprint density at radius 3 is 2.80 bits per heavy atom. The SMILES string of the molecule is CCn1ccnc1Cn1nnc(C(=O)O)c1CC(C)C. The molecule has 2 aromatic heterocycles. The van der Waals surface area contributed by atoms with Crippen LogP contribution in [0.4, 0.5) is 0 Å². The molecule has 0 atom stereocenters. The maximum absolute atomic E-state index is 11.2. The number of carbonyl (C=O) groups is 1. The fourth-order valence-corrected chi connectivity index (χ4v) is 2.13. The van der Waals surface area contributed by atoms with Gasteiger partial charge in [0.25, 0.3) is 0 Å². The Labute approximate surface area is 117 Å². The number of carboxylic acids is 1. The van der Waals surface area contributed by atoms with Gasteiger partial charge in [-0.05, 0) is 19.3 Å². The molecule has 0 spiro atoms. The predicted octanol–water partition coefficient (Wildman–Crippen LogP) is 1.44. The Morgan fingerprint density at radius 1 is 1.45 bits per heavy atom. The smallest absolute Gasteiger partial charge is 0.358 e. The molecule has 2 heterocycles. The summed E-state index contributed by atoms with van der Waals surface area (Å²) in [5.41, 5.74) is 0.687. The number of aromatic nitrogens is 5. The number of aryl methyl sites for hydroxylation is 1. The van der Waals surface area contributed by atoms with E-state index in [1.165, 1.54) is 0 Å². The third-order valence-corrected chi connectivity index (χ3v) is 3.08. The van der Waals surface area contributed by atoms with E-state index in [2.05, 4.69) is 15.3 Å². The van der Waals surface area contributed by atoms with Gasteiger partial charge in [-0.2, -0.15) is 0 Å². The Hall–Kier alpha value is -2.18. The fourth-order valence-electron chi connectivity index (χ4n) is 2.13. The lowest BCUT2D eigenvalue weighted by Crippen LogP contribution is -2.14. The van der Waals surface area contributed by atoms with E-state index in [4.69, 9.17) is 0 Å². The zero-order valence-electron chi connectivity index (χ0n) is 11.9. The van der Waals surface area contributed by atoms with Crippen LogP contribution in [0.2, 0.25) is 0 Å². The van der Waals surface area contributed by atoms with Crippen LogP contribution in [0.15, 0.2) is 12.4 Å². The van der Waals surface area contributed by atoms with Crippen molar-refractivity contribution in [3.05, 3.63) is 29.6 Å². The minimum Gasteiger partial charge on any atom is -0.476 e. The Kier molecular flexibility index (Phi) is 4.16. The molecule has 0 aliphatic heterocycles. The van der Waals surface area contributed by atoms with Crippen molar-refractivity contribution in [2.75, 3.05) is 0 Å². The number of hydrogen-bond acceptors (Lipinski definition) is 4. The molecular formula is C13H19N5O2. The molecule has 20 heavy (non-hydrogen) atoms. The van der Waals surface area contributed by atoms with E-state index in [0.29, 0.717) is 24.6 Å². The summed E-state index contributed by atoms with van der Waals surface area (Å²) >= 11 is 0. The van der Waals surface area contributed by atoms with Gasteiger partial charge in [0.15, 0.2) is 5.69 Å². The lowest BCUT2D eigenvalue weighted by Gasteiger charge is -2.10. The highest BCUT2D eigenvalue weighted by Gasteiger charge is 2.20. The Balaban J connectivity index is 2.34. The first-order valence-corrected chi connectivity index (χ1v) is 6.68. The summed E-state index contributed by atoms with van der Waals surface area (Å²) in [7, 11) is 0. The van der Waals surface area contributed by atoms with Crippen LogP contribution in [0, 0.1) is 5.92 Å². The molecule has 0 unspecified atom stereocenters. The average molecular weight is 277 g/mol.